The zero-order chi connectivity index (χ0) is 11.5. The highest BCUT2D eigenvalue weighted by molar-refractivity contribution is 5.74. The number of aromatic nitrogens is 1. The molecular formula is C11H14FNO2. The van der Waals surface area contributed by atoms with Crippen molar-refractivity contribution < 1.29 is 14.3 Å². The van der Waals surface area contributed by atoms with E-state index in [-0.39, 0.29) is 0 Å². The first kappa shape index (κ1) is 11.6. The lowest BCUT2D eigenvalue weighted by Gasteiger charge is -2.22. The molecule has 1 N–H and O–H groups in total. The molecule has 82 valence electrons. The van der Waals surface area contributed by atoms with E-state index in [1.54, 1.807) is 13.8 Å². The van der Waals surface area contributed by atoms with Gasteiger partial charge in [-0.15, -0.1) is 0 Å². The molecule has 0 amide bonds. The second kappa shape index (κ2) is 4.38. The molecule has 1 aromatic heterocycles. The molecule has 0 bridgehead atoms. The number of carboxylic acids is 1. The fraction of sp³-hybridized carbons (Fsp3) is 0.455. The fourth-order valence-electron chi connectivity index (χ4n) is 1.35. The molecule has 1 aromatic rings. The lowest BCUT2D eigenvalue weighted by atomic mass is 9.82. The topological polar surface area (TPSA) is 50.2 Å². The van der Waals surface area contributed by atoms with E-state index in [0.29, 0.717) is 18.4 Å². The Morgan fingerprint density at radius 1 is 1.60 bits per heavy atom. The van der Waals surface area contributed by atoms with Crippen LogP contribution in [-0.4, -0.2) is 16.1 Å². The molecule has 3 nitrogen and oxygen atoms in total. The molecule has 0 aliphatic rings. The third-order valence-corrected chi connectivity index (χ3v) is 2.65. The Kier molecular flexibility index (Phi) is 3.39. The smallest absolute Gasteiger partial charge is 0.309 e. The molecular weight excluding hydrogens is 197 g/mol. The van der Waals surface area contributed by atoms with E-state index in [0.717, 1.165) is 6.20 Å². The van der Waals surface area contributed by atoms with Crippen molar-refractivity contribution in [1.29, 1.82) is 0 Å². The zero-order valence-corrected chi connectivity index (χ0v) is 8.83. The lowest BCUT2D eigenvalue weighted by molar-refractivity contribution is -0.148. The van der Waals surface area contributed by atoms with Crippen molar-refractivity contribution in [2.24, 2.45) is 5.41 Å². The molecule has 1 rings (SSSR count). The first-order valence-corrected chi connectivity index (χ1v) is 4.81. The number of rotatable bonds is 4. The molecule has 0 saturated heterocycles. The summed E-state index contributed by atoms with van der Waals surface area (Å²) in [5.41, 5.74) is -0.239. The highest BCUT2D eigenvalue weighted by Gasteiger charge is 2.31. The minimum Gasteiger partial charge on any atom is -0.481 e. The Morgan fingerprint density at radius 3 is 2.73 bits per heavy atom. The Bertz CT molecular complexity index is 367. The maximum Gasteiger partial charge on any atom is 0.309 e. The number of carbonyl (C=O) groups is 1. The van der Waals surface area contributed by atoms with Crippen LogP contribution in [0.3, 0.4) is 0 Å². The maximum atomic E-state index is 12.8. The zero-order valence-electron chi connectivity index (χ0n) is 8.83. The highest BCUT2D eigenvalue weighted by Crippen LogP contribution is 2.26. The maximum absolute atomic E-state index is 12.8. The van der Waals surface area contributed by atoms with Gasteiger partial charge in [0.1, 0.15) is 5.82 Å². The van der Waals surface area contributed by atoms with Crippen LogP contribution in [0.1, 0.15) is 25.8 Å². The van der Waals surface area contributed by atoms with E-state index in [4.69, 9.17) is 5.11 Å². The first-order valence-electron chi connectivity index (χ1n) is 4.81. The van der Waals surface area contributed by atoms with E-state index >= 15 is 0 Å². The molecule has 1 heterocycles. The predicted octanol–water partition coefficient (Wildman–Crippen LogP) is 2.26. The van der Waals surface area contributed by atoms with Gasteiger partial charge >= 0.3 is 5.97 Å². The Balaban J connectivity index is 2.89. The predicted molar refractivity (Wildman–Crippen MR) is 53.9 cm³/mol. The summed E-state index contributed by atoms with van der Waals surface area (Å²) in [5, 5.41) is 9.05. The largest absolute Gasteiger partial charge is 0.481 e. The number of carboxylic acid groups (broad SMARTS) is 1. The number of aliphatic carboxylic acids is 1. The third-order valence-electron chi connectivity index (χ3n) is 2.65. The van der Waals surface area contributed by atoms with E-state index in [1.165, 1.54) is 12.3 Å². The van der Waals surface area contributed by atoms with Crippen LogP contribution >= 0.6 is 0 Å². The molecule has 15 heavy (non-hydrogen) atoms. The normalized spacial score (nSPS) is 14.6. The summed E-state index contributed by atoms with van der Waals surface area (Å²) < 4.78 is 12.8. The van der Waals surface area contributed by atoms with Crippen LogP contribution < -0.4 is 0 Å². The van der Waals surface area contributed by atoms with Crippen LogP contribution in [-0.2, 0) is 11.2 Å². The molecule has 0 saturated carbocycles. The van der Waals surface area contributed by atoms with Gasteiger partial charge in [0.25, 0.3) is 0 Å². The van der Waals surface area contributed by atoms with Crippen LogP contribution in [0.4, 0.5) is 4.39 Å². The van der Waals surface area contributed by atoms with Gasteiger partial charge in [-0.2, -0.15) is 0 Å². The summed E-state index contributed by atoms with van der Waals surface area (Å²) >= 11 is 0. The molecule has 0 aliphatic heterocycles. The van der Waals surface area contributed by atoms with Crippen molar-refractivity contribution in [1.82, 2.24) is 4.98 Å². The summed E-state index contributed by atoms with van der Waals surface area (Å²) in [6.45, 7) is 3.46. The number of pyridine rings is 1. The molecule has 0 spiro atoms. The van der Waals surface area contributed by atoms with Crippen molar-refractivity contribution in [3.63, 3.8) is 0 Å². The van der Waals surface area contributed by atoms with Gasteiger partial charge in [-0.1, -0.05) is 6.92 Å². The van der Waals surface area contributed by atoms with E-state index in [1.807, 2.05) is 0 Å². The van der Waals surface area contributed by atoms with Crippen LogP contribution in [0.2, 0.25) is 0 Å². The molecule has 0 fully saturated rings. The number of nitrogens with zero attached hydrogens (tertiary/aromatic N) is 1. The third kappa shape index (κ3) is 2.75. The molecule has 1 atom stereocenters. The average Bonchev–Trinajstić information content (AvgIpc) is 2.17. The van der Waals surface area contributed by atoms with Gasteiger partial charge in [-0.25, -0.2) is 4.39 Å². The molecule has 0 radical (unpaired) electrons. The van der Waals surface area contributed by atoms with Crippen molar-refractivity contribution in [3.8, 4) is 0 Å². The van der Waals surface area contributed by atoms with Crippen molar-refractivity contribution in [3.05, 3.63) is 29.8 Å². The number of hydrogen-bond acceptors (Lipinski definition) is 2. The quantitative estimate of drug-likeness (QED) is 0.831. The van der Waals surface area contributed by atoms with Crippen LogP contribution in [0.5, 0.6) is 0 Å². The van der Waals surface area contributed by atoms with Crippen LogP contribution in [0.25, 0.3) is 0 Å². The molecule has 1 unspecified atom stereocenters. The highest BCUT2D eigenvalue weighted by atomic mass is 19.1. The van der Waals surface area contributed by atoms with E-state index in [9.17, 15) is 9.18 Å². The Morgan fingerprint density at radius 2 is 2.27 bits per heavy atom. The summed E-state index contributed by atoms with van der Waals surface area (Å²) in [6, 6.07) is 1.32. The lowest BCUT2D eigenvalue weighted by Crippen LogP contribution is -2.29. The Hall–Kier alpha value is -1.45. The standard InChI is InChI=1S/C11H14FNO2/c1-3-11(2,10(14)15)5-8-4-9(12)7-13-6-8/h4,6-7H,3,5H2,1-2H3,(H,14,15). The number of hydrogen-bond donors (Lipinski definition) is 1. The fourth-order valence-corrected chi connectivity index (χ4v) is 1.35. The summed E-state index contributed by atoms with van der Waals surface area (Å²) in [4.78, 5) is 14.7. The second-order valence-corrected chi connectivity index (χ2v) is 3.91. The number of halogens is 1. The SMILES string of the molecule is CCC(C)(Cc1cncc(F)c1)C(=O)O. The van der Waals surface area contributed by atoms with Gasteiger partial charge in [0, 0.05) is 6.20 Å². The summed E-state index contributed by atoms with van der Waals surface area (Å²) in [5.74, 6) is -1.30. The van der Waals surface area contributed by atoms with Gasteiger partial charge in [0.05, 0.1) is 11.6 Å². The minimum absolute atomic E-state index is 0.295. The molecule has 0 aromatic carbocycles. The second-order valence-electron chi connectivity index (χ2n) is 3.91. The van der Waals surface area contributed by atoms with Crippen molar-refractivity contribution in [2.75, 3.05) is 0 Å². The van der Waals surface area contributed by atoms with Gasteiger partial charge in [0.15, 0.2) is 0 Å². The van der Waals surface area contributed by atoms with Gasteiger partial charge < -0.3 is 5.11 Å². The van der Waals surface area contributed by atoms with Crippen molar-refractivity contribution in [2.45, 2.75) is 26.7 Å². The average molecular weight is 211 g/mol. The van der Waals surface area contributed by atoms with Gasteiger partial charge in [-0.05, 0) is 31.4 Å². The molecule has 0 aliphatic carbocycles. The van der Waals surface area contributed by atoms with Gasteiger partial charge in [0.2, 0.25) is 0 Å². The van der Waals surface area contributed by atoms with Crippen LogP contribution in [0.15, 0.2) is 18.5 Å². The summed E-state index contributed by atoms with van der Waals surface area (Å²) in [6.07, 6.45) is 3.40. The van der Waals surface area contributed by atoms with Crippen molar-refractivity contribution >= 4 is 5.97 Å². The van der Waals surface area contributed by atoms with E-state index in [2.05, 4.69) is 4.98 Å². The molecule has 4 heteroatoms. The summed E-state index contributed by atoms with van der Waals surface area (Å²) in [7, 11) is 0. The van der Waals surface area contributed by atoms with Gasteiger partial charge in [-0.3, -0.25) is 9.78 Å². The Labute approximate surface area is 88.0 Å². The van der Waals surface area contributed by atoms with Crippen LogP contribution in [0, 0.1) is 11.2 Å². The van der Waals surface area contributed by atoms with E-state index < -0.39 is 17.2 Å². The first-order chi connectivity index (χ1) is 6.98. The monoisotopic (exact) mass is 211 g/mol. The minimum atomic E-state index is -0.866.